The molecule has 0 aliphatic carbocycles. The zero-order chi connectivity index (χ0) is 19.6. The second kappa shape index (κ2) is 7.76. The van der Waals surface area contributed by atoms with Crippen LogP contribution in [0.4, 0.5) is 5.69 Å². The van der Waals surface area contributed by atoms with Crippen molar-refractivity contribution in [2.24, 2.45) is 5.10 Å². The fraction of sp³-hybridized carbons (Fsp3) is 0.240. The highest BCUT2D eigenvalue weighted by Crippen LogP contribution is 2.36. The van der Waals surface area contributed by atoms with Crippen LogP contribution in [0.25, 0.3) is 6.08 Å². The molecule has 1 aromatic heterocycles. The largest absolute Gasteiger partial charge is 0.257 e. The van der Waals surface area contributed by atoms with Gasteiger partial charge < -0.3 is 0 Å². The Labute approximate surface area is 171 Å². The number of benzene rings is 2. The van der Waals surface area contributed by atoms with Crippen molar-refractivity contribution in [1.82, 2.24) is 0 Å². The molecule has 1 aliphatic rings. The summed E-state index contributed by atoms with van der Waals surface area (Å²) in [4.78, 5) is 0. The summed E-state index contributed by atoms with van der Waals surface area (Å²) in [6.45, 7) is 6.76. The minimum atomic E-state index is 0.165. The molecule has 28 heavy (non-hydrogen) atoms. The van der Waals surface area contributed by atoms with E-state index in [0.29, 0.717) is 0 Å². The highest BCUT2D eigenvalue weighted by molar-refractivity contribution is 7.08. The van der Waals surface area contributed by atoms with Gasteiger partial charge in [-0.15, -0.1) is 0 Å². The maximum absolute atomic E-state index is 4.95. The van der Waals surface area contributed by atoms with Gasteiger partial charge in [0.05, 0.1) is 17.4 Å². The number of hydrogen-bond acceptors (Lipinski definition) is 3. The summed E-state index contributed by atoms with van der Waals surface area (Å²) < 4.78 is 0. The van der Waals surface area contributed by atoms with E-state index in [1.165, 1.54) is 16.7 Å². The summed E-state index contributed by atoms with van der Waals surface area (Å²) in [6.07, 6.45) is 5.22. The normalized spacial score (nSPS) is 17.3. The van der Waals surface area contributed by atoms with Gasteiger partial charge in [0.1, 0.15) is 0 Å². The predicted octanol–water partition coefficient (Wildman–Crippen LogP) is 7.07. The fourth-order valence-electron chi connectivity index (χ4n) is 3.48. The summed E-state index contributed by atoms with van der Waals surface area (Å²) in [5.41, 5.74) is 6.31. The Bertz CT molecular complexity index is 962. The van der Waals surface area contributed by atoms with Crippen LogP contribution < -0.4 is 5.01 Å². The van der Waals surface area contributed by atoms with Gasteiger partial charge in [-0.3, -0.25) is 5.01 Å². The number of para-hydroxylation sites is 1. The number of hydrazone groups is 1. The first-order valence-electron chi connectivity index (χ1n) is 9.73. The number of nitrogens with zero attached hydrogens (tertiary/aromatic N) is 2. The Morgan fingerprint density at radius 2 is 1.71 bits per heavy atom. The zero-order valence-corrected chi connectivity index (χ0v) is 17.5. The van der Waals surface area contributed by atoms with E-state index in [0.717, 1.165) is 17.8 Å². The average Bonchev–Trinajstić information content (AvgIpc) is 3.36. The van der Waals surface area contributed by atoms with Crippen LogP contribution in [0, 0.1) is 0 Å². The van der Waals surface area contributed by atoms with E-state index >= 15 is 0 Å². The first-order valence-corrected chi connectivity index (χ1v) is 10.7. The predicted molar refractivity (Wildman–Crippen MR) is 122 cm³/mol. The molecule has 0 radical (unpaired) electrons. The SMILES string of the molecule is CC(C)(C)c1ccc(C2CC(C=Cc3ccsc3)=NN2c2ccccc2)cc1. The second-order valence-corrected chi connectivity index (χ2v) is 9.03. The van der Waals surface area contributed by atoms with E-state index < -0.39 is 0 Å². The van der Waals surface area contributed by atoms with Crippen molar-refractivity contribution in [3.63, 3.8) is 0 Å². The highest BCUT2D eigenvalue weighted by atomic mass is 32.1. The van der Waals surface area contributed by atoms with E-state index in [1.807, 2.05) is 6.07 Å². The van der Waals surface area contributed by atoms with Crippen LogP contribution in [-0.4, -0.2) is 5.71 Å². The van der Waals surface area contributed by atoms with Crippen molar-refractivity contribution in [1.29, 1.82) is 0 Å². The Balaban J connectivity index is 1.64. The third kappa shape index (κ3) is 4.10. The lowest BCUT2D eigenvalue weighted by Gasteiger charge is -2.25. The minimum absolute atomic E-state index is 0.165. The van der Waals surface area contributed by atoms with E-state index in [1.54, 1.807) is 11.3 Å². The highest BCUT2D eigenvalue weighted by Gasteiger charge is 2.28. The van der Waals surface area contributed by atoms with Gasteiger partial charge in [-0.1, -0.05) is 69.3 Å². The van der Waals surface area contributed by atoms with Gasteiger partial charge in [-0.25, -0.2) is 0 Å². The van der Waals surface area contributed by atoms with Crippen LogP contribution in [-0.2, 0) is 5.41 Å². The molecule has 0 N–H and O–H groups in total. The van der Waals surface area contributed by atoms with E-state index in [2.05, 4.69) is 103 Å². The number of hydrogen-bond donors (Lipinski definition) is 0. The van der Waals surface area contributed by atoms with Crippen LogP contribution in [0.3, 0.4) is 0 Å². The molecule has 2 heterocycles. The molecule has 1 aliphatic heterocycles. The smallest absolute Gasteiger partial charge is 0.0831 e. The first kappa shape index (κ1) is 18.7. The van der Waals surface area contributed by atoms with Crippen LogP contribution >= 0.6 is 11.3 Å². The summed E-state index contributed by atoms with van der Waals surface area (Å²) >= 11 is 1.72. The lowest BCUT2D eigenvalue weighted by atomic mass is 9.86. The molecule has 0 amide bonds. The monoisotopic (exact) mass is 386 g/mol. The van der Waals surface area contributed by atoms with Crippen molar-refractivity contribution in [3.05, 3.63) is 94.2 Å². The third-order valence-electron chi connectivity index (χ3n) is 5.13. The zero-order valence-electron chi connectivity index (χ0n) is 16.7. The molecule has 1 atom stereocenters. The summed E-state index contributed by atoms with van der Waals surface area (Å²) in [5.74, 6) is 0. The molecular weight excluding hydrogens is 360 g/mol. The molecule has 0 bridgehead atoms. The van der Waals surface area contributed by atoms with E-state index in [4.69, 9.17) is 5.10 Å². The van der Waals surface area contributed by atoms with Gasteiger partial charge in [0.15, 0.2) is 0 Å². The van der Waals surface area contributed by atoms with Gasteiger partial charge in [0.2, 0.25) is 0 Å². The van der Waals surface area contributed by atoms with Gasteiger partial charge in [0, 0.05) is 6.42 Å². The lowest BCUT2D eigenvalue weighted by Crippen LogP contribution is -2.19. The van der Waals surface area contributed by atoms with Crippen molar-refractivity contribution < 1.29 is 0 Å². The molecule has 2 nitrogen and oxygen atoms in total. The molecule has 3 aromatic rings. The third-order valence-corrected chi connectivity index (χ3v) is 5.83. The van der Waals surface area contributed by atoms with Crippen molar-refractivity contribution in [3.8, 4) is 0 Å². The molecule has 142 valence electrons. The summed E-state index contributed by atoms with van der Waals surface area (Å²) in [5, 5.41) is 11.4. The molecule has 0 spiro atoms. The van der Waals surface area contributed by atoms with Gasteiger partial charge in [0.25, 0.3) is 0 Å². The molecule has 3 heteroatoms. The second-order valence-electron chi connectivity index (χ2n) is 8.25. The van der Waals surface area contributed by atoms with Crippen molar-refractivity contribution in [2.45, 2.75) is 38.6 Å². The molecule has 0 fully saturated rings. The Hall–Kier alpha value is -2.65. The molecule has 1 unspecified atom stereocenters. The van der Waals surface area contributed by atoms with Crippen LogP contribution in [0.15, 0.2) is 82.6 Å². The summed E-state index contributed by atoms with van der Waals surface area (Å²) in [7, 11) is 0. The molecule has 4 rings (SSSR count). The number of anilines is 1. The number of allylic oxidation sites excluding steroid dienone is 1. The molecule has 0 saturated carbocycles. The van der Waals surface area contributed by atoms with Gasteiger partial charge in [-0.05, 0) is 57.1 Å². The maximum Gasteiger partial charge on any atom is 0.0831 e. The molecule has 0 saturated heterocycles. The summed E-state index contributed by atoms with van der Waals surface area (Å²) in [6, 6.07) is 21.9. The Morgan fingerprint density at radius 3 is 2.36 bits per heavy atom. The van der Waals surface area contributed by atoms with E-state index in [-0.39, 0.29) is 11.5 Å². The minimum Gasteiger partial charge on any atom is -0.257 e. The van der Waals surface area contributed by atoms with Gasteiger partial charge in [-0.2, -0.15) is 16.4 Å². The van der Waals surface area contributed by atoms with Crippen LogP contribution in [0.5, 0.6) is 0 Å². The standard InChI is InChI=1S/C25H26N2S/c1-25(2,3)21-12-10-20(11-13-21)24-17-22(14-9-19-15-16-28-18-19)26-27(24)23-7-5-4-6-8-23/h4-16,18,24H,17H2,1-3H3. The topological polar surface area (TPSA) is 15.6 Å². The average molecular weight is 387 g/mol. The lowest BCUT2D eigenvalue weighted by molar-refractivity contribution is 0.589. The Morgan fingerprint density at radius 1 is 0.964 bits per heavy atom. The molecule has 2 aromatic carbocycles. The van der Waals surface area contributed by atoms with Crippen molar-refractivity contribution >= 4 is 28.8 Å². The Kier molecular flexibility index (Phi) is 5.19. The van der Waals surface area contributed by atoms with Crippen LogP contribution in [0.1, 0.15) is 49.9 Å². The quantitative estimate of drug-likeness (QED) is 0.468. The van der Waals surface area contributed by atoms with Crippen LogP contribution in [0.2, 0.25) is 0 Å². The number of rotatable bonds is 4. The molecular formula is C25H26N2S. The maximum atomic E-state index is 4.95. The van der Waals surface area contributed by atoms with Crippen molar-refractivity contribution in [2.75, 3.05) is 5.01 Å². The number of thiophene rings is 1. The van der Waals surface area contributed by atoms with Gasteiger partial charge >= 0.3 is 0 Å². The first-order chi connectivity index (χ1) is 13.5. The van der Waals surface area contributed by atoms with E-state index in [9.17, 15) is 0 Å². The fourth-order valence-corrected chi connectivity index (χ4v) is 4.11.